The highest BCUT2D eigenvalue weighted by Crippen LogP contribution is 2.28. The number of thiophene rings is 1. The Balaban J connectivity index is 1.52. The van der Waals surface area contributed by atoms with Crippen molar-refractivity contribution in [3.05, 3.63) is 41.7 Å². The first kappa shape index (κ1) is 14.8. The Morgan fingerprint density at radius 1 is 1.08 bits per heavy atom. The van der Waals surface area contributed by atoms with Crippen LogP contribution >= 0.6 is 11.3 Å². The molecule has 4 heterocycles. The number of piperazine rings is 1. The molecule has 7 nitrogen and oxygen atoms in total. The molecule has 1 N–H and O–H groups in total. The molecule has 0 amide bonds. The van der Waals surface area contributed by atoms with Gasteiger partial charge in [0.15, 0.2) is 5.69 Å². The second-order valence-electron chi connectivity index (χ2n) is 5.49. The smallest absolute Gasteiger partial charge is 0.354 e. The highest BCUT2D eigenvalue weighted by atomic mass is 32.1. The van der Waals surface area contributed by atoms with Crippen molar-refractivity contribution >= 4 is 39.2 Å². The van der Waals surface area contributed by atoms with Crippen molar-refractivity contribution in [1.29, 1.82) is 0 Å². The average Bonchev–Trinajstić information content (AvgIpc) is 3.11. The predicted octanol–water partition coefficient (Wildman–Crippen LogP) is 2.11. The van der Waals surface area contributed by atoms with Crippen molar-refractivity contribution in [3.63, 3.8) is 0 Å². The van der Waals surface area contributed by atoms with Gasteiger partial charge in [-0.25, -0.2) is 19.7 Å². The lowest BCUT2D eigenvalue weighted by Crippen LogP contribution is -2.47. The summed E-state index contributed by atoms with van der Waals surface area (Å²) in [5.41, 5.74) is 1.05. The number of hydrogen-bond acceptors (Lipinski definition) is 7. The van der Waals surface area contributed by atoms with E-state index in [0.29, 0.717) is 5.82 Å². The zero-order chi connectivity index (χ0) is 16.5. The molecule has 0 unspecified atom stereocenters. The van der Waals surface area contributed by atoms with Crippen molar-refractivity contribution in [2.45, 2.75) is 0 Å². The van der Waals surface area contributed by atoms with Gasteiger partial charge in [0, 0.05) is 26.2 Å². The number of hydrogen-bond donors (Lipinski definition) is 1. The highest BCUT2D eigenvalue weighted by Gasteiger charge is 2.21. The molecule has 1 aliphatic heterocycles. The Morgan fingerprint density at radius 2 is 1.88 bits per heavy atom. The summed E-state index contributed by atoms with van der Waals surface area (Å²) in [6.07, 6.45) is 1.61. The van der Waals surface area contributed by atoms with E-state index in [9.17, 15) is 4.79 Å². The molecule has 1 fully saturated rings. The number of aromatic carboxylic acids is 1. The van der Waals surface area contributed by atoms with Crippen LogP contribution < -0.4 is 9.80 Å². The maximum Gasteiger partial charge on any atom is 0.354 e. The zero-order valence-corrected chi connectivity index (χ0v) is 13.6. The van der Waals surface area contributed by atoms with E-state index in [0.717, 1.165) is 42.2 Å². The fourth-order valence-electron chi connectivity index (χ4n) is 2.87. The summed E-state index contributed by atoms with van der Waals surface area (Å²) in [5, 5.41) is 11.1. The first-order chi connectivity index (χ1) is 11.7. The van der Waals surface area contributed by atoms with Gasteiger partial charge < -0.3 is 14.9 Å². The van der Waals surface area contributed by atoms with Gasteiger partial charge in [0.2, 0.25) is 0 Å². The average molecular weight is 341 g/mol. The summed E-state index contributed by atoms with van der Waals surface area (Å²) in [6, 6.07) is 7.10. The molecule has 3 aromatic heterocycles. The molecule has 0 bridgehead atoms. The fraction of sp³-hybridized carbons (Fsp3) is 0.250. The number of carboxylic acid groups (broad SMARTS) is 1. The quantitative estimate of drug-likeness (QED) is 0.781. The normalized spacial score (nSPS) is 15.0. The zero-order valence-electron chi connectivity index (χ0n) is 12.8. The van der Waals surface area contributed by atoms with Crippen molar-refractivity contribution < 1.29 is 9.90 Å². The van der Waals surface area contributed by atoms with Crippen LogP contribution in [0.5, 0.6) is 0 Å². The topological polar surface area (TPSA) is 82.5 Å². The molecule has 4 rings (SSSR count). The molecule has 8 heteroatoms. The maximum atomic E-state index is 11.1. The summed E-state index contributed by atoms with van der Waals surface area (Å²) in [5.74, 6) is 0.678. The van der Waals surface area contributed by atoms with E-state index in [1.54, 1.807) is 23.7 Å². The summed E-state index contributed by atoms with van der Waals surface area (Å²) in [6.45, 7) is 3.16. The van der Waals surface area contributed by atoms with Gasteiger partial charge in [0.05, 0.1) is 10.2 Å². The molecule has 0 spiro atoms. The summed E-state index contributed by atoms with van der Waals surface area (Å²) >= 11 is 1.65. The minimum absolute atomic E-state index is 0.0750. The third-order valence-electron chi connectivity index (χ3n) is 4.08. The SMILES string of the molecule is O=C(O)c1cccc(N2CCN(c3ncnc4ccsc34)CC2)n1. The molecule has 0 radical (unpaired) electrons. The van der Waals surface area contributed by atoms with E-state index in [2.05, 4.69) is 24.8 Å². The molecule has 0 aromatic carbocycles. The van der Waals surface area contributed by atoms with Crippen LogP contribution in [0.2, 0.25) is 0 Å². The van der Waals surface area contributed by atoms with Crippen LogP contribution in [-0.4, -0.2) is 52.2 Å². The first-order valence-electron chi connectivity index (χ1n) is 7.61. The number of aromatic nitrogens is 3. The van der Waals surface area contributed by atoms with Gasteiger partial charge in [-0.15, -0.1) is 11.3 Å². The first-order valence-corrected chi connectivity index (χ1v) is 8.49. The molecule has 0 atom stereocenters. The molecule has 3 aromatic rings. The van der Waals surface area contributed by atoms with Crippen molar-refractivity contribution in [1.82, 2.24) is 15.0 Å². The van der Waals surface area contributed by atoms with E-state index in [1.165, 1.54) is 6.07 Å². The van der Waals surface area contributed by atoms with Crippen LogP contribution in [0.25, 0.3) is 10.2 Å². The predicted molar refractivity (Wildman–Crippen MR) is 93.0 cm³/mol. The lowest BCUT2D eigenvalue weighted by molar-refractivity contribution is 0.0690. The Morgan fingerprint density at radius 3 is 2.67 bits per heavy atom. The van der Waals surface area contributed by atoms with Gasteiger partial charge in [-0.05, 0) is 23.6 Å². The van der Waals surface area contributed by atoms with E-state index in [1.807, 2.05) is 17.5 Å². The molecule has 1 saturated heterocycles. The number of fused-ring (bicyclic) bond motifs is 1. The second kappa shape index (κ2) is 6.04. The molecule has 24 heavy (non-hydrogen) atoms. The van der Waals surface area contributed by atoms with Crippen molar-refractivity contribution in [2.75, 3.05) is 36.0 Å². The van der Waals surface area contributed by atoms with E-state index in [4.69, 9.17) is 5.11 Å². The summed E-state index contributed by atoms with van der Waals surface area (Å²) in [4.78, 5) is 28.4. The lowest BCUT2D eigenvalue weighted by Gasteiger charge is -2.36. The van der Waals surface area contributed by atoms with Gasteiger partial charge in [-0.1, -0.05) is 6.07 Å². The number of carbonyl (C=O) groups is 1. The van der Waals surface area contributed by atoms with Gasteiger partial charge in [0.25, 0.3) is 0 Å². The van der Waals surface area contributed by atoms with Crippen LogP contribution in [0.1, 0.15) is 10.5 Å². The Kier molecular flexibility index (Phi) is 3.73. The molecular formula is C16H15N5O2S. The molecule has 1 aliphatic rings. The monoisotopic (exact) mass is 341 g/mol. The second-order valence-corrected chi connectivity index (χ2v) is 6.41. The largest absolute Gasteiger partial charge is 0.477 e. The maximum absolute atomic E-state index is 11.1. The fourth-order valence-corrected chi connectivity index (χ4v) is 3.73. The van der Waals surface area contributed by atoms with E-state index < -0.39 is 5.97 Å². The molecule has 122 valence electrons. The van der Waals surface area contributed by atoms with Crippen LogP contribution in [0.3, 0.4) is 0 Å². The van der Waals surface area contributed by atoms with Crippen LogP contribution in [0.15, 0.2) is 36.0 Å². The van der Waals surface area contributed by atoms with Crippen LogP contribution in [0, 0.1) is 0 Å². The Hall–Kier alpha value is -2.74. The summed E-state index contributed by atoms with van der Waals surface area (Å²) in [7, 11) is 0. The van der Waals surface area contributed by atoms with E-state index in [-0.39, 0.29) is 5.69 Å². The Labute approximate surface area is 142 Å². The van der Waals surface area contributed by atoms with Crippen molar-refractivity contribution in [2.24, 2.45) is 0 Å². The van der Waals surface area contributed by atoms with Crippen LogP contribution in [0.4, 0.5) is 11.6 Å². The van der Waals surface area contributed by atoms with Crippen molar-refractivity contribution in [3.8, 4) is 0 Å². The third kappa shape index (κ3) is 2.65. The number of nitrogens with zero attached hydrogens (tertiary/aromatic N) is 5. The molecule has 0 saturated carbocycles. The number of carboxylic acids is 1. The number of pyridine rings is 1. The minimum atomic E-state index is -1.00. The van der Waals surface area contributed by atoms with Gasteiger partial charge in [0.1, 0.15) is 18.0 Å². The Bertz CT molecular complexity index is 889. The van der Waals surface area contributed by atoms with E-state index >= 15 is 0 Å². The molecule has 0 aliphatic carbocycles. The van der Waals surface area contributed by atoms with Gasteiger partial charge in [-0.2, -0.15) is 0 Å². The van der Waals surface area contributed by atoms with Gasteiger partial charge in [-0.3, -0.25) is 0 Å². The lowest BCUT2D eigenvalue weighted by atomic mass is 10.2. The number of rotatable bonds is 3. The summed E-state index contributed by atoms with van der Waals surface area (Å²) < 4.78 is 1.11. The minimum Gasteiger partial charge on any atom is -0.477 e. The van der Waals surface area contributed by atoms with Crippen LogP contribution in [-0.2, 0) is 0 Å². The standard InChI is InChI=1S/C16H15N5O2S/c22-16(23)12-2-1-3-13(19-12)20-5-7-21(8-6-20)15-14-11(4-9-24-14)17-10-18-15/h1-4,9-10H,5-8H2,(H,22,23). The third-order valence-corrected chi connectivity index (χ3v) is 4.98. The number of anilines is 2. The highest BCUT2D eigenvalue weighted by molar-refractivity contribution is 7.17. The van der Waals surface area contributed by atoms with Gasteiger partial charge >= 0.3 is 5.97 Å². The molecular weight excluding hydrogens is 326 g/mol.